The fourth-order valence-electron chi connectivity index (χ4n) is 3.66. The summed E-state index contributed by atoms with van der Waals surface area (Å²) in [5.41, 5.74) is 5.96. The first-order chi connectivity index (χ1) is 12.2. The van der Waals surface area contributed by atoms with Gasteiger partial charge >= 0.3 is 0 Å². The zero-order valence-corrected chi connectivity index (χ0v) is 14.4. The van der Waals surface area contributed by atoms with Crippen LogP contribution in [-0.4, -0.2) is 10.5 Å². The lowest BCUT2D eigenvalue weighted by Gasteiger charge is -2.17. The molecule has 0 saturated heterocycles. The highest BCUT2D eigenvalue weighted by molar-refractivity contribution is 5.94. The molecule has 1 aromatic carbocycles. The van der Waals surface area contributed by atoms with Gasteiger partial charge in [0.05, 0.1) is 12.8 Å². The molecule has 1 amide bonds. The summed E-state index contributed by atoms with van der Waals surface area (Å²) in [4.78, 5) is 12.3. The van der Waals surface area contributed by atoms with E-state index in [1.54, 1.807) is 6.26 Å². The number of hydrogen-bond donors (Lipinski definition) is 1. The molecule has 0 fully saturated rings. The van der Waals surface area contributed by atoms with E-state index in [0.717, 1.165) is 17.9 Å². The minimum Gasteiger partial charge on any atom is -0.467 e. The summed E-state index contributed by atoms with van der Waals surface area (Å²) in [6.07, 6.45) is 6.45. The number of rotatable bonds is 4. The highest BCUT2D eigenvalue weighted by Gasteiger charge is 2.17. The molecule has 3 aromatic rings. The highest BCUT2D eigenvalue weighted by Crippen LogP contribution is 2.28. The molecular weight excluding hydrogens is 312 g/mol. The van der Waals surface area contributed by atoms with Crippen LogP contribution >= 0.6 is 0 Å². The predicted molar refractivity (Wildman–Crippen MR) is 97.0 cm³/mol. The van der Waals surface area contributed by atoms with Gasteiger partial charge in [-0.25, -0.2) is 0 Å². The first kappa shape index (κ1) is 15.8. The van der Waals surface area contributed by atoms with Crippen molar-refractivity contribution in [2.75, 3.05) is 0 Å². The van der Waals surface area contributed by atoms with E-state index in [-0.39, 0.29) is 5.91 Å². The van der Waals surface area contributed by atoms with Crippen LogP contribution < -0.4 is 5.32 Å². The third kappa shape index (κ3) is 3.12. The number of benzene rings is 1. The average molecular weight is 334 g/mol. The first-order valence-electron chi connectivity index (χ1n) is 8.83. The zero-order valence-electron chi connectivity index (χ0n) is 14.4. The van der Waals surface area contributed by atoms with Crippen molar-refractivity contribution in [2.24, 2.45) is 0 Å². The number of carbonyl (C=O) groups excluding carboxylic acids is 1. The largest absolute Gasteiger partial charge is 0.467 e. The quantitative estimate of drug-likeness (QED) is 0.778. The van der Waals surface area contributed by atoms with Gasteiger partial charge in [-0.3, -0.25) is 4.79 Å². The number of furan rings is 1. The molecule has 2 heterocycles. The van der Waals surface area contributed by atoms with Crippen molar-refractivity contribution < 1.29 is 9.21 Å². The van der Waals surface area contributed by atoms with Crippen molar-refractivity contribution in [3.63, 3.8) is 0 Å². The summed E-state index contributed by atoms with van der Waals surface area (Å²) in [5.74, 6) is 0.661. The summed E-state index contributed by atoms with van der Waals surface area (Å²) >= 11 is 0. The number of amides is 1. The molecule has 0 spiro atoms. The summed E-state index contributed by atoms with van der Waals surface area (Å²) in [5, 5.41) is 2.88. The second kappa shape index (κ2) is 6.63. The fourth-order valence-corrected chi connectivity index (χ4v) is 3.66. The number of nitrogens with zero attached hydrogens (tertiary/aromatic N) is 1. The van der Waals surface area contributed by atoms with Crippen LogP contribution in [0.5, 0.6) is 0 Å². The molecular formula is C21H22N2O2. The number of nitrogens with one attached hydrogen (secondary N) is 1. The van der Waals surface area contributed by atoms with E-state index in [4.69, 9.17) is 4.42 Å². The lowest BCUT2D eigenvalue weighted by atomic mass is 9.98. The maximum Gasteiger partial charge on any atom is 0.251 e. The van der Waals surface area contributed by atoms with Gasteiger partial charge in [0.15, 0.2) is 0 Å². The first-order valence-corrected chi connectivity index (χ1v) is 8.83. The molecule has 4 heteroatoms. The molecule has 25 heavy (non-hydrogen) atoms. The highest BCUT2D eigenvalue weighted by atomic mass is 16.3. The normalized spacial score (nSPS) is 13.5. The molecule has 4 nitrogen and oxygen atoms in total. The van der Waals surface area contributed by atoms with Gasteiger partial charge in [-0.1, -0.05) is 0 Å². The number of aryl methyl sites for hydroxylation is 2. The standard InChI is InChI=1S/C21H22N2O2/c1-15-13-17-5-2-3-7-20(17)23(15)18-10-8-16(9-11-18)21(24)22-14-19-6-4-12-25-19/h4,6,8-13H,2-3,5,7,14H2,1H3,(H,22,24). The van der Waals surface area contributed by atoms with Crippen molar-refractivity contribution >= 4 is 5.91 Å². The van der Waals surface area contributed by atoms with Crippen molar-refractivity contribution in [3.8, 4) is 5.69 Å². The monoisotopic (exact) mass is 334 g/mol. The van der Waals surface area contributed by atoms with Gasteiger partial charge in [-0.2, -0.15) is 0 Å². The Morgan fingerprint density at radius 3 is 2.72 bits per heavy atom. The molecule has 2 aromatic heterocycles. The fraction of sp³-hybridized carbons (Fsp3) is 0.286. The minimum absolute atomic E-state index is 0.0887. The Balaban J connectivity index is 1.52. The average Bonchev–Trinajstić information content (AvgIpc) is 3.26. The minimum atomic E-state index is -0.0887. The third-order valence-electron chi connectivity index (χ3n) is 4.88. The van der Waals surface area contributed by atoms with E-state index in [1.165, 1.54) is 36.2 Å². The van der Waals surface area contributed by atoms with Gasteiger partial charge < -0.3 is 14.3 Å². The second-order valence-electron chi connectivity index (χ2n) is 6.61. The number of carbonyl (C=O) groups is 1. The zero-order chi connectivity index (χ0) is 17.2. The molecule has 0 aliphatic heterocycles. The summed E-state index contributed by atoms with van der Waals surface area (Å²) in [7, 11) is 0. The molecule has 1 aliphatic carbocycles. The van der Waals surface area contributed by atoms with Crippen LogP contribution in [0.25, 0.3) is 5.69 Å². The molecule has 1 N–H and O–H groups in total. The summed E-state index contributed by atoms with van der Waals surface area (Å²) in [6, 6.07) is 13.8. The van der Waals surface area contributed by atoms with E-state index >= 15 is 0 Å². The van der Waals surface area contributed by atoms with E-state index in [0.29, 0.717) is 12.1 Å². The van der Waals surface area contributed by atoms with Gasteiger partial charge in [0.1, 0.15) is 5.76 Å². The van der Waals surface area contributed by atoms with E-state index < -0.39 is 0 Å². The molecule has 0 bridgehead atoms. The Hall–Kier alpha value is -2.75. The van der Waals surface area contributed by atoms with Crippen LogP contribution in [0, 0.1) is 6.92 Å². The molecule has 0 saturated carbocycles. The maximum atomic E-state index is 12.3. The van der Waals surface area contributed by atoms with Crippen molar-refractivity contribution in [1.82, 2.24) is 9.88 Å². The van der Waals surface area contributed by atoms with Crippen molar-refractivity contribution in [3.05, 3.63) is 77.0 Å². The van der Waals surface area contributed by atoms with Crippen LogP contribution in [0.15, 0.2) is 53.1 Å². The number of fused-ring (bicyclic) bond motifs is 1. The van der Waals surface area contributed by atoms with Gasteiger partial charge in [-0.15, -0.1) is 0 Å². The van der Waals surface area contributed by atoms with Crippen LogP contribution in [-0.2, 0) is 19.4 Å². The number of hydrogen-bond acceptors (Lipinski definition) is 2. The Morgan fingerprint density at radius 2 is 1.96 bits per heavy atom. The molecule has 1 aliphatic rings. The molecule has 4 rings (SSSR count). The van der Waals surface area contributed by atoms with Crippen LogP contribution in [0.2, 0.25) is 0 Å². The summed E-state index contributed by atoms with van der Waals surface area (Å²) in [6.45, 7) is 2.56. The van der Waals surface area contributed by atoms with Gasteiger partial charge in [-0.05, 0) is 80.6 Å². The van der Waals surface area contributed by atoms with Gasteiger partial charge in [0.25, 0.3) is 5.91 Å². The van der Waals surface area contributed by atoms with Crippen LogP contribution in [0.1, 0.15) is 45.9 Å². The number of aromatic nitrogens is 1. The lowest BCUT2D eigenvalue weighted by molar-refractivity contribution is 0.0948. The van der Waals surface area contributed by atoms with Crippen molar-refractivity contribution in [2.45, 2.75) is 39.2 Å². The van der Waals surface area contributed by atoms with E-state index in [2.05, 4.69) is 22.9 Å². The molecule has 0 unspecified atom stereocenters. The van der Waals surface area contributed by atoms with Crippen LogP contribution in [0.3, 0.4) is 0 Å². The predicted octanol–water partition coefficient (Wildman–Crippen LogP) is 4.19. The van der Waals surface area contributed by atoms with E-state index in [1.807, 2.05) is 36.4 Å². The molecule has 128 valence electrons. The van der Waals surface area contributed by atoms with Gasteiger partial charge in [0.2, 0.25) is 0 Å². The topological polar surface area (TPSA) is 47.2 Å². The molecule has 0 atom stereocenters. The Labute approximate surface area is 147 Å². The van der Waals surface area contributed by atoms with E-state index in [9.17, 15) is 4.79 Å². The Kier molecular flexibility index (Phi) is 4.18. The Bertz CT molecular complexity index is 874. The lowest BCUT2D eigenvalue weighted by Crippen LogP contribution is -2.22. The van der Waals surface area contributed by atoms with Gasteiger partial charge in [0, 0.05) is 22.6 Å². The SMILES string of the molecule is Cc1cc2c(n1-c1ccc(C(=O)NCc3ccco3)cc1)CCCC2. The van der Waals surface area contributed by atoms with Crippen molar-refractivity contribution in [1.29, 1.82) is 0 Å². The summed E-state index contributed by atoms with van der Waals surface area (Å²) < 4.78 is 7.57. The molecule has 0 radical (unpaired) electrons. The Morgan fingerprint density at radius 1 is 1.16 bits per heavy atom. The maximum absolute atomic E-state index is 12.3. The third-order valence-corrected chi connectivity index (χ3v) is 4.88. The second-order valence-corrected chi connectivity index (χ2v) is 6.61. The smallest absolute Gasteiger partial charge is 0.251 e. The van der Waals surface area contributed by atoms with Crippen LogP contribution in [0.4, 0.5) is 0 Å².